The Hall–Kier alpha value is -4.01. The fourth-order valence-electron chi connectivity index (χ4n) is 4.18. The van der Waals surface area contributed by atoms with E-state index >= 15 is 0 Å². The van der Waals surface area contributed by atoms with E-state index in [0.29, 0.717) is 23.7 Å². The SMILES string of the molecule is CC(C)c1ccccc1-c1cnc2nnc(Cc3ccc(-c4nc(C(F)(F)F)cn4C)cc3)n2c1. The second-order valence-electron chi connectivity index (χ2n) is 8.80. The van der Waals surface area contributed by atoms with Gasteiger partial charge in [-0.05, 0) is 22.6 Å². The van der Waals surface area contributed by atoms with Gasteiger partial charge in [0.05, 0.1) is 0 Å². The fraction of sp³-hybridized carbons (Fsp3) is 0.231. The minimum absolute atomic E-state index is 0.259. The molecule has 0 spiro atoms. The number of benzene rings is 2. The lowest BCUT2D eigenvalue weighted by Crippen LogP contribution is -2.04. The lowest BCUT2D eigenvalue weighted by molar-refractivity contribution is -0.140. The van der Waals surface area contributed by atoms with Gasteiger partial charge in [-0.25, -0.2) is 9.97 Å². The molecule has 3 heterocycles. The molecule has 5 rings (SSSR count). The summed E-state index contributed by atoms with van der Waals surface area (Å²) < 4.78 is 42.3. The minimum Gasteiger partial charge on any atom is -0.333 e. The van der Waals surface area contributed by atoms with Gasteiger partial charge in [0.1, 0.15) is 11.6 Å². The number of hydrogen-bond acceptors (Lipinski definition) is 4. The summed E-state index contributed by atoms with van der Waals surface area (Å²) >= 11 is 0. The number of fused-ring (bicyclic) bond motifs is 1. The molecule has 5 aromatic rings. The average molecular weight is 477 g/mol. The molecule has 0 unspecified atom stereocenters. The second-order valence-corrected chi connectivity index (χ2v) is 8.80. The third-order valence-electron chi connectivity index (χ3n) is 5.97. The summed E-state index contributed by atoms with van der Waals surface area (Å²) in [5.41, 5.74) is 3.98. The number of hydrogen-bond donors (Lipinski definition) is 0. The first kappa shape index (κ1) is 22.8. The summed E-state index contributed by atoms with van der Waals surface area (Å²) in [4.78, 5) is 8.25. The van der Waals surface area contributed by atoms with Crippen LogP contribution in [0.2, 0.25) is 0 Å². The molecular formula is C26H23F3N6. The summed E-state index contributed by atoms with van der Waals surface area (Å²) in [6.45, 7) is 4.32. The van der Waals surface area contributed by atoms with E-state index in [1.807, 2.05) is 41.1 Å². The Morgan fingerprint density at radius 2 is 1.66 bits per heavy atom. The van der Waals surface area contributed by atoms with Gasteiger partial charge in [0, 0.05) is 43.2 Å². The van der Waals surface area contributed by atoms with Crippen LogP contribution in [0.4, 0.5) is 13.2 Å². The van der Waals surface area contributed by atoms with E-state index < -0.39 is 11.9 Å². The predicted molar refractivity (Wildman–Crippen MR) is 127 cm³/mol. The molecule has 0 aliphatic carbocycles. The van der Waals surface area contributed by atoms with Crippen molar-refractivity contribution in [3.63, 3.8) is 0 Å². The quantitative estimate of drug-likeness (QED) is 0.316. The van der Waals surface area contributed by atoms with Gasteiger partial charge in [0.15, 0.2) is 5.69 Å². The van der Waals surface area contributed by atoms with Gasteiger partial charge in [0.25, 0.3) is 5.78 Å². The van der Waals surface area contributed by atoms with Crippen LogP contribution in [-0.4, -0.2) is 29.1 Å². The normalized spacial score (nSPS) is 12.1. The average Bonchev–Trinajstić information content (AvgIpc) is 3.43. The summed E-state index contributed by atoms with van der Waals surface area (Å²) in [5.74, 6) is 1.86. The lowest BCUT2D eigenvalue weighted by atomic mass is 9.94. The van der Waals surface area contributed by atoms with Gasteiger partial charge >= 0.3 is 6.18 Å². The summed E-state index contributed by atoms with van der Waals surface area (Å²) in [6, 6.07) is 15.5. The van der Waals surface area contributed by atoms with E-state index in [1.165, 1.54) is 10.1 Å². The van der Waals surface area contributed by atoms with Crippen LogP contribution < -0.4 is 0 Å². The Labute approximate surface area is 200 Å². The van der Waals surface area contributed by atoms with Crippen LogP contribution in [0.15, 0.2) is 67.1 Å². The molecule has 3 aromatic heterocycles. The number of alkyl halides is 3. The van der Waals surface area contributed by atoms with Crippen LogP contribution in [-0.2, 0) is 19.6 Å². The molecular weight excluding hydrogens is 453 g/mol. The molecule has 0 amide bonds. The maximum absolute atomic E-state index is 13.0. The van der Waals surface area contributed by atoms with Crippen molar-refractivity contribution in [1.82, 2.24) is 29.1 Å². The van der Waals surface area contributed by atoms with Crippen molar-refractivity contribution < 1.29 is 13.2 Å². The number of imidazole rings is 1. The Morgan fingerprint density at radius 1 is 0.914 bits per heavy atom. The van der Waals surface area contributed by atoms with Crippen molar-refractivity contribution in [2.24, 2.45) is 7.05 Å². The number of nitrogens with zero attached hydrogens (tertiary/aromatic N) is 6. The predicted octanol–water partition coefficient (Wildman–Crippen LogP) is 5.92. The van der Waals surface area contributed by atoms with Crippen LogP contribution in [0, 0.1) is 0 Å². The topological polar surface area (TPSA) is 60.9 Å². The van der Waals surface area contributed by atoms with Gasteiger partial charge < -0.3 is 4.57 Å². The van der Waals surface area contributed by atoms with Crippen LogP contribution >= 0.6 is 0 Å². The van der Waals surface area contributed by atoms with Crippen LogP contribution in [0.1, 0.15) is 42.4 Å². The standard InChI is InChI=1S/C26H23F3N6/c1-16(2)20-6-4-5-7-21(20)19-13-30-25-33-32-23(35(25)14-19)12-17-8-10-18(11-9-17)24-31-22(15-34(24)3)26(27,28)29/h4-11,13-16H,12H2,1-3H3. The van der Waals surface area contributed by atoms with Crippen molar-refractivity contribution in [3.05, 3.63) is 89.8 Å². The third-order valence-corrected chi connectivity index (χ3v) is 5.97. The van der Waals surface area contributed by atoms with Gasteiger partial charge in [-0.3, -0.25) is 4.40 Å². The Morgan fingerprint density at radius 3 is 2.34 bits per heavy atom. The van der Waals surface area contributed by atoms with Gasteiger partial charge in [-0.15, -0.1) is 10.2 Å². The first-order valence-electron chi connectivity index (χ1n) is 11.2. The molecule has 0 saturated heterocycles. The van der Waals surface area contributed by atoms with E-state index in [9.17, 15) is 13.2 Å². The maximum Gasteiger partial charge on any atom is 0.434 e. The minimum atomic E-state index is -4.48. The molecule has 0 saturated carbocycles. The Bertz CT molecular complexity index is 1500. The highest BCUT2D eigenvalue weighted by Crippen LogP contribution is 2.31. The highest BCUT2D eigenvalue weighted by Gasteiger charge is 2.34. The second kappa shape index (κ2) is 8.65. The van der Waals surface area contributed by atoms with Crippen molar-refractivity contribution in [2.45, 2.75) is 32.4 Å². The molecule has 6 nitrogen and oxygen atoms in total. The molecule has 0 aliphatic heterocycles. The number of rotatable bonds is 5. The van der Waals surface area contributed by atoms with Crippen LogP contribution in [0.3, 0.4) is 0 Å². The van der Waals surface area contributed by atoms with Crippen molar-refractivity contribution >= 4 is 5.78 Å². The molecule has 0 atom stereocenters. The van der Waals surface area contributed by atoms with Gasteiger partial charge in [0.2, 0.25) is 0 Å². The van der Waals surface area contributed by atoms with Crippen molar-refractivity contribution in [3.8, 4) is 22.5 Å². The first-order chi connectivity index (χ1) is 16.7. The maximum atomic E-state index is 13.0. The fourth-order valence-corrected chi connectivity index (χ4v) is 4.18. The number of aryl methyl sites for hydroxylation is 1. The summed E-state index contributed by atoms with van der Waals surface area (Å²) in [6.07, 6.45) is 0.819. The number of aromatic nitrogens is 6. The lowest BCUT2D eigenvalue weighted by Gasteiger charge is -2.12. The monoisotopic (exact) mass is 476 g/mol. The molecule has 0 fully saturated rings. The molecule has 178 valence electrons. The van der Waals surface area contributed by atoms with Gasteiger partial charge in [-0.2, -0.15) is 13.2 Å². The van der Waals surface area contributed by atoms with E-state index in [-0.39, 0.29) is 5.82 Å². The number of halogens is 3. The Kier molecular flexibility index (Phi) is 5.62. The van der Waals surface area contributed by atoms with Crippen molar-refractivity contribution in [2.75, 3.05) is 0 Å². The first-order valence-corrected chi connectivity index (χ1v) is 11.2. The zero-order chi connectivity index (χ0) is 24.7. The molecule has 9 heteroatoms. The molecule has 0 N–H and O–H groups in total. The molecule has 2 aromatic carbocycles. The molecule has 0 aliphatic rings. The van der Waals surface area contributed by atoms with Crippen LogP contribution in [0.25, 0.3) is 28.3 Å². The summed E-state index contributed by atoms with van der Waals surface area (Å²) in [5, 5.41) is 8.51. The zero-order valence-corrected chi connectivity index (χ0v) is 19.5. The highest BCUT2D eigenvalue weighted by molar-refractivity contribution is 5.67. The highest BCUT2D eigenvalue weighted by atomic mass is 19.4. The smallest absolute Gasteiger partial charge is 0.333 e. The Balaban J connectivity index is 1.44. The van der Waals surface area contributed by atoms with Gasteiger partial charge in [-0.1, -0.05) is 62.4 Å². The van der Waals surface area contributed by atoms with E-state index in [0.717, 1.165) is 28.7 Å². The van der Waals surface area contributed by atoms with Crippen molar-refractivity contribution in [1.29, 1.82) is 0 Å². The zero-order valence-electron chi connectivity index (χ0n) is 19.5. The summed E-state index contributed by atoms with van der Waals surface area (Å²) in [7, 11) is 1.55. The molecule has 35 heavy (non-hydrogen) atoms. The van der Waals surface area contributed by atoms with Crippen LogP contribution in [0.5, 0.6) is 0 Å². The molecule has 0 radical (unpaired) electrons. The van der Waals surface area contributed by atoms with E-state index in [4.69, 9.17) is 0 Å². The largest absolute Gasteiger partial charge is 0.434 e. The van der Waals surface area contributed by atoms with E-state index in [2.05, 4.69) is 46.1 Å². The molecule has 0 bridgehead atoms. The third kappa shape index (κ3) is 4.41. The van der Waals surface area contributed by atoms with E-state index in [1.54, 1.807) is 19.2 Å².